The molecule has 1 aliphatic heterocycles. The number of methoxy groups -OCH3 is 1. The summed E-state index contributed by atoms with van der Waals surface area (Å²) in [5.41, 5.74) is 2.33. The Morgan fingerprint density at radius 1 is 1.17 bits per heavy atom. The molecule has 1 saturated heterocycles. The van der Waals surface area contributed by atoms with Gasteiger partial charge in [0.15, 0.2) is 11.5 Å². The van der Waals surface area contributed by atoms with Crippen LogP contribution >= 0.6 is 0 Å². The molecule has 1 N–H and O–H groups in total. The smallest absolute Gasteiger partial charge is 0.161 e. The number of β-amino-alcohol motifs (C(OH)–C–C–N with tert-alkyl or cyclic N) is 1. The van der Waals surface area contributed by atoms with E-state index in [0.717, 1.165) is 57.9 Å². The number of nitrogens with zero attached hydrogens (tertiary/aromatic N) is 3. The molecule has 0 radical (unpaired) electrons. The van der Waals surface area contributed by atoms with Crippen molar-refractivity contribution < 1.29 is 14.6 Å². The Morgan fingerprint density at radius 3 is 2.45 bits per heavy atom. The van der Waals surface area contributed by atoms with Gasteiger partial charge in [0, 0.05) is 45.8 Å². The predicted molar refractivity (Wildman–Crippen MR) is 119 cm³/mol. The second-order valence-corrected chi connectivity index (χ2v) is 7.95. The summed E-state index contributed by atoms with van der Waals surface area (Å²) in [5, 5.41) is 10.4. The Kier molecular flexibility index (Phi) is 9.94. The van der Waals surface area contributed by atoms with Crippen molar-refractivity contribution in [3.63, 3.8) is 0 Å². The van der Waals surface area contributed by atoms with Crippen LogP contribution in [-0.2, 0) is 6.54 Å². The van der Waals surface area contributed by atoms with Crippen LogP contribution in [-0.4, -0.2) is 92.0 Å². The van der Waals surface area contributed by atoms with Gasteiger partial charge in [-0.3, -0.25) is 9.80 Å². The fraction of sp³-hybridized carbons (Fsp3) is 0.652. The number of aliphatic hydroxyl groups is 1. The molecule has 1 fully saturated rings. The predicted octanol–water partition coefficient (Wildman–Crippen LogP) is 2.47. The van der Waals surface area contributed by atoms with Gasteiger partial charge in [-0.15, -0.1) is 0 Å². The number of likely N-dealkylation sites (N-methyl/N-ethyl adjacent to an activating group) is 2. The molecule has 1 atom stereocenters. The number of ether oxygens (including phenoxy) is 2. The van der Waals surface area contributed by atoms with Crippen LogP contribution in [0.5, 0.6) is 11.5 Å². The van der Waals surface area contributed by atoms with E-state index in [4.69, 9.17) is 9.47 Å². The molecule has 1 aromatic rings. The Bertz CT molecular complexity index is 630. The largest absolute Gasteiger partial charge is 0.493 e. The fourth-order valence-electron chi connectivity index (χ4n) is 3.67. The van der Waals surface area contributed by atoms with Gasteiger partial charge >= 0.3 is 0 Å². The number of hydrogen-bond donors (Lipinski definition) is 1. The van der Waals surface area contributed by atoms with Gasteiger partial charge in [-0.1, -0.05) is 32.1 Å². The van der Waals surface area contributed by atoms with Crippen molar-refractivity contribution >= 4 is 0 Å². The summed E-state index contributed by atoms with van der Waals surface area (Å²) in [6, 6.07) is 6.03. The van der Waals surface area contributed by atoms with Crippen LogP contribution < -0.4 is 9.47 Å². The molecule has 0 aliphatic carbocycles. The van der Waals surface area contributed by atoms with E-state index in [1.165, 1.54) is 5.56 Å². The van der Waals surface area contributed by atoms with Crippen LogP contribution in [0.4, 0.5) is 0 Å². The Labute approximate surface area is 176 Å². The third-order valence-corrected chi connectivity index (χ3v) is 5.39. The Hall–Kier alpha value is -1.60. The highest BCUT2D eigenvalue weighted by Crippen LogP contribution is 2.29. The molecule has 0 saturated carbocycles. The first-order valence-electron chi connectivity index (χ1n) is 10.7. The number of hydrogen-bond acceptors (Lipinski definition) is 6. The fourth-order valence-corrected chi connectivity index (χ4v) is 3.67. The van der Waals surface area contributed by atoms with Crippen molar-refractivity contribution in [1.29, 1.82) is 0 Å². The summed E-state index contributed by atoms with van der Waals surface area (Å²) >= 11 is 0. The molecule has 1 heterocycles. The summed E-state index contributed by atoms with van der Waals surface area (Å²) in [5.74, 6) is 1.38. The molecule has 29 heavy (non-hydrogen) atoms. The maximum atomic E-state index is 10.4. The number of rotatable bonds is 12. The van der Waals surface area contributed by atoms with Crippen LogP contribution in [0.2, 0.25) is 0 Å². The van der Waals surface area contributed by atoms with Crippen molar-refractivity contribution in [1.82, 2.24) is 14.7 Å². The van der Waals surface area contributed by atoms with E-state index in [-0.39, 0.29) is 6.61 Å². The standard InChI is InChI=1S/C23H39N3O3/c1-6-24-10-12-26(13-11-24)17-21(27)18-29-22-9-8-20(14-23(22)28-5)16-25(7-2)15-19(3)4/h8-9,14,21,27H,3,6-7,10-13,15-18H2,1-2,4-5H3/t21-/m0/s1. The lowest BCUT2D eigenvalue weighted by atomic mass is 10.1. The first-order chi connectivity index (χ1) is 13.9. The van der Waals surface area contributed by atoms with E-state index in [1.54, 1.807) is 7.11 Å². The minimum Gasteiger partial charge on any atom is -0.493 e. The van der Waals surface area contributed by atoms with Crippen molar-refractivity contribution in [2.24, 2.45) is 0 Å². The maximum Gasteiger partial charge on any atom is 0.161 e. The first-order valence-corrected chi connectivity index (χ1v) is 10.7. The summed E-state index contributed by atoms with van der Waals surface area (Å²) in [4.78, 5) is 7.07. The third kappa shape index (κ3) is 7.97. The highest BCUT2D eigenvalue weighted by Gasteiger charge is 2.19. The minimum absolute atomic E-state index is 0.264. The average molecular weight is 406 g/mol. The second kappa shape index (κ2) is 12.2. The van der Waals surface area contributed by atoms with Gasteiger partial charge in [0.1, 0.15) is 12.7 Å². The molecule has 1 aromatic carbocycles. The van der Waals surface area contributed by atoms with Crippen LogP contribution in [0.3, 0.4) is 0 Å². The normalized spacial score (nSPS) is 16.8. The van der Waals surface area contributed by atoms with Crippen molar-refractivity contribution in [2.45, 2.75) is 33.4 Å². The topological polar surface area (TPSA) is 48.4 Å². The molecule has 6 nitrogen and oxygen atoms in total. The molecular formula is C23H39N3O3. The molecule has 0 aromatic heterocycles. The molecule has 0 spiro atoms. The summed E-state index contributed by atoms with van der Waals surface area (Å²) in [7, 11) is 1.65. The summed E-state index contributed by atoms with van der Waals surface area (Å²) < 4.78 is 11.4. The van der Waals surface area contributed by atoms with Gasteiger partial charge in [0.25, 0.3) is 0 Å². The van der Waals surface area contributed by atoms with Crippen LogP contribution in [0.25, 0.3) is 0 Å². The van der Waals surface area contributed by atoms with E-state index in [1.807, 2.05) is 12.1 Å². The highest BCUT2D eigenvalue weighted by atomic mass is 16.5. The van der Waals surface area contributed by atoms with E-state index in [2.05, 4.69) is 48.1 Å². The van der Waals surface area contributed by atoms with Crippen LogP contribution in [0.1, 0.15) is 26.3 Å². The lowest BCUT2D eigenvalue weighted by Gasteiger charge is -2.34. The molecule has 1 aliphatic rings. The van der Waals surface area contributed by atoms with Crippen molar-refractivity contribution in [3.05, 3.63) is 35.9 Å². The quantitative estimate of drug-likeness (QED) is 0.539. The van der Waals surface area contributed by atoms with Gasteiger partial charge in [-0.2, -0.15) is 0 Å². The van der Waals surface area contributed by atoms with E-state index >= 15 is 0 Å². The van der Waals surface area contributed by atoms with Gasteiger partial charge in [0.05, 0.1) is 7.11 Å². The lowest BCUT2D eigenvalue weighted by Crippen LogP contribution is -2.49. The number of benzene rings is 1. The monoisotopic (exact) mass is 405 g/mol. The molecule has 0 unspecified atom stereocenters. The molecule has 0 amide bonds. The van der Waals surface area contributed by atoms with Crippen molar-refractivity contribution in [2.75, 3.05) is 66.1 Å². The Morgan fingerprint density at radius 2 is 1.86 bits per heavy atom. The van der Waals surface area contributed by atoms with Gasteiger partial charge < -0.3 is 19.5 Å². The summed E-state index contributed by atoms with van der Waals surface area (Å²) in [6.45, 7) is 19.2. The number of aliphatic hydroxyl groups excluding tert-OH is 1. The first kappa shape index (κ1) is 23.7. The van der Waals surface area contributed by atoms with Crippen LogP contribution in [0, 0.1) is 0 Å². The number of piperazine rings is 1. The molecule has 164 valence electrons. The van der Waals surface area contributed by atoms with Gasteiger partial charge in [-0.05, 0) is 37.7 Å². The lowest BCUT2D eigenvalue weighted by molar-refractivity contribution is 0.0464. The van der Waals surface area contributed by atoms with Crippen LogP contribution in [0.15, 0.2) is 30.4 Å². The van der Waals surface area contributed by atoms with Gasteiger partial charge in [-0.25, -0.2) is 0 Å². The minimum atomic E-state index is -0.515. The SMILES string of the molecule is C=C(C)CN(CC)Cc1ccc(OC[C@@H](O)CN2CCN(CC)CC2)c(OC)c1. The third-order valence-electron chi connectivity index (χ3n) is 5.39. The van der Waals surface area contributed by atoms with E-state index in [0.29, 0.717) is 18.0 Å². The zero-order valence-electron chi connectivity index (χ0n) is 18.7. The van der Waals surface area contributed by atoms with E-state index in [9.17, 15) is 5.11 Å². The van der Waals surface area contributed by atoms with E-state index < -0.39 is 6.10 Å². The van der Waals surface area contributed by atoms with Crippen molar-refractivity contribution in [3.8, 4) is 11.5 Å². The molecule has 0 bridgehead atoms. The average Bonchev–Trinajstić information content (AvgIpc) is 2.72. The maximum absolute atomic E-state index is 10.4. The zero-order chi connectivity index (χ0) is 21.2. The second-order valence-electron chi connectivity index (χ2n) is 7.95. The zero-order valence-corrected chi connectivity index (χ0v) is 18.7. The molecule has 2 rings (SSSR count). The molecule has 6 heteroatoms. The Balaban J connectivity index is 1.86. The molecular weight excluding hydrogens is 366 g/mol. The highest BCUT2D eigenvalue weighted by molar-refractivity contribution is 5.43. The van der Waals surface area contributed by atoms with Gasteiger partial charge in [0.2, 0.25) is 0 Å². The summed E-state index contributed by atoms with van der Waals surface area (Å²) in [6.07, 6.45) is -0.515.